The molecule has 0 aliphatic heterocycles. The molecular formula is C22H27NO. The number of allylic oxidation sites excluding steroid dienone is 1. The SMILES string of the molecule is CC(C)(C)NC1(O)C=CC(c2ccccc2)(c2ccccc2)CC1. The third-order valence-electron chi connectivity index (χ3n) is 4.71. The summed E-state index contributed by atoms with van der Waals surface area (Å²) in [6.45, 7) is 6.24. The van der Waals surface area contributed by atoms with Gasteiger partial charge < -0.3 is 5.11 Å². The molecule has 0 aromatic heterocycles. The molecule has 1 atom stereocenters. The number of hydrogen-bond donors (Lipinski definition) is 2. The zero-order valence-corrected chi connectivity index (χ0v) is 14.8. The summed E-state index contributed by atoms with van der Waals surface area (Å²) in [6.07, 6.45) is 5.66. The third-order valence-corrected chi connectivity index (χ3v) is 4.71. The molecule has 2 nitrogen and oxygen atoms in total. The average molecular weight is 321 g/mol. The number of aliphatic hydroxyl groups is 1. The lowest BCUT2D eigenvalue weighted by Gasteiger charge is -2.43. The van der Waals surface area contributed by atoms with Crippen molar-refractivity contribution in [3.05, 3.63) is 83.9 Å². The van der Waals surface area contributed by atoms with Gasteiger partial charge in [-0.3, -0.25) is 5.32 Å². The van der Waals surface area contributed by atoms with Crippen molar-refractivity contribution >= 4 is 0 Å². The minimum atomic E-state index is -0.953. The first kappa shape index (κ1) is 16.9. The van der Waals surface area contributed by atoms with Crippen LogP contribution in [0.1, 0.15) is 44.7 Å². The lowest BCUT2D eigenvalue weighted by atomic mass is 9.67. The fourth-order valence-corrected chi connectivity index (χ4v) is 3.71. The lowest BCUT2D eigenvalue weighted by molar-refractivity contribution is 0.0105. The highest BCUT2D eigenvalue weighted by atomic mass is 16.3. The molecule has 0 bridgehead atoms. The first-order valence-electron chi connectivity index (χ1n) is 8.66. The fraction of sp³-hybridized carbons (Fsp3) is 0.364. The Bertz CT molecular complexity index is 660. The smallest absolute Gasteiger partial charge is 0.135 e. The fourth-order valence-electron chi connectivity index (χ4n) is 3.71. The summed E-state index contributed by atoms with van der Waals surface area (Å²) < 4.78 is 0. The van der Waals surface area contributed by atoms with Gasteiger partial charge >= 0.3 is 0 Å². The van der Waals surface area contributed by atoms with E-state index in [1.165, 1.54) is 11.1 Å². The van der Waals surface area contributed by atoms with Crippen LogP contribution in [-0.4, -0.2) is 16.4 Å². The largest absolute Gasteiger partial charge is 0.372 e. The molecule has 1 unspecified atom stereocenters. The second-order valence-corrected chi connectivity index (χ2v) is 7.84. The van der Waals surface area contributed by atoms with Gasteiger partial charge in [0, 0.05) is 11.0 Å². The van der Waals surface area contributed by atoms with E-state index >= 15 is 0 Å². The van der Waals surface area contributed by atoms with E-state index in [1.807, 2.05) is 18.2 Å². The lowest BCUT2D eigenvalue weighted by Crippen LogP contribution is -2.55. The van der Waals surface area contributed by atoms with Crippen molar-refractivity contribution in [3.8, 4) is 0 Å². The van der Waals surface area contributed by atoms with Gasteiger partial charge in [0.15, 0.2) is 0 Å². The Morgan fingerprint density at radius 1 is 0.792 bits per heavy atom. The number of rotatable bonds is 3. The third kappa shape index (κ3) is 3.45. The van der Waals surface area contributed by atoms with Gasteiger partial charge in [0.2, 0.25) is 0 Å². The molecule has 0 amide bonds. The highest BCUT2D eigenvalue weighted by Crippen LogP contribution is 2.43. The molecule has 0 spiro atoms. The first-order chi connectivity index (χ1) is 11.3. The predicted octanol–water partition coefficient (Wildman–Crippen LogP) is 4.40. The van der Waals surface area contributed by atoms with Crippen LogP contribution >= 0.6 is 0 Å². The number of nitrogens with one attached hydrogen (secondary N) is 1. The van der Waals surface area contributed by atoms with Crippen LogP contribution in [0.15, 0.2) is 72.8 Å². The standard InChI is InChI=1S/C22H27NO/c1-20(2,3)23-22(24)16-14-21(15-17-22,18-10-6-4-7-11-18)19-12-8-5-9-13-19/h4-14,16,23-24H,15,17H2,1-3H3. The molecule has 0 saturated heterocycles. The molecule has 2 aromatic carbocycles. The van der Waals surface area contributed by atoms with Crippen molar-refractivity contribution in [1.82, 2.24) is 5.32 Å². The predicted molar refractivity (Wildman–Crippen MR) is 99.9 cm³/mol. The summed E-state index contributed by atoms with van der Waals surface area (Å²) in [6, 6.07) is 21.2. The Kier molecular flexibility index (Phi) is 4.37. The van der Waals surface area contributed by atoms with E-state index in [-0.39, 0.29) is 11.0 Å². The van der Waals surface area contributed by atoms with Crippen molar-refractivity contribution in [2.45, 2.75) is 50.3 Å². The molecule has 2 N–H and O–H groups in total. The maximum Gasteiger partial charge on any atom is 0.135 e. The van der Waals surface area contributed by atoms with E-state index in [0.717, 1.165) is 6.42 Å². The molecule has 2 aromatic rings. The quantitative estimate of drug-likeness (QED) is 0.649. The van der Waals surface area contributed by atoms with Gasteiger partial charge in [0.05, 0.1) is 0 Å². The van der Waals surface area contributed by atoms with Gasteiger partial charge in [-0.2, -0.15) is 0 Å². The molecular weight excluding hydrogens is 294 g/mol. The monoisotopic (exact) mass is 321 g/mol. The highest BCUT2D eigenvalue weighted by Gasteiger charge is 2.40. The van der Waals surface area contributed by atoms with E-state index in [0.29, 0.717) is 6.42 Å². The van der Waals surface area contributed by atoms with E-state index in [4.69, 9.17) is 0 Å². The van der Waals surface area contributed by atoms with Crippen molar-refractivity contribution < 1.29 is 5.11 Å². The second kappa shape index (κ2) is 6.19. The van der Waals surface area contributed by atoms with Crippen molar-refractivity contribution in [1.29, 1.82) is 0 Å². The van der Waals surface area contributed by atoms with Crippen LogP contribution in [0.5, 0.6) is 0 Å². The van der Waals surface area contributed by atoms with Crippen LogP contribution < -0.4 is 5.32 Å². The van der Waals surface area contributed by atoms with E-state index in [1.54, 1.807) is 0 Å². The highest BCUT2D eigenvalue weighted by molar-refractivity contribution is 5.46. The summed E-state index contributed by atoms with van der Waals surface area (Å²) >= 11 is 0. The second-order valence-electron chi connectivity index (χ2n) is 7.84. The molecule has 1 aliphatic carbocycles. The summed E-state index contributed by atoms with van der Waals surface area (Å²) in [4.78, 5) is 0. The molecule has 0 heterocycles. The van der Waals surface area contributed by atoms with Crippen LogP contribution in [0.2, 0.25) is 0 Å². The normalized spacial score (nSPS) is 23.2. The maximum absolute atomic E-state index is 10.9. The number of hydrogen-bond acceptors (Lipinski definition) is 2. The average Bonchev–Trinajstić information content (AvgIpc) is 2.56. The van der Waals surface area contributed by atoms with Gasteiger partial charge in [0.25, 0.3) is 0 Å². The van der Waals surface area contributed by atoms with Gasteiger partial charge in [-0.15, -0.1) is 0 Å². The Morgan fingerprint density at radius 2 is 1.29 bits per heavy atom. The van der Waals surface area contributed by atoms with Crippen LogP contribution in [0.25, 0.3) is 0 Å². The van der Waals surface area contributed by atoms with E-state index in [9.17, 15) is 5.11 Å². The molecule has 0 fully saturated rings. The van der Waals surface area contributed by atoms with Gasteiger partial charge in [0.1, 0.15) is 5.72 Å². The van der Waals surface area contributed by atoms with E-state index in [2.05, 4.69) is 80.7 Å². The summed E-state index contributed by atoms with van der Waals surface area (Å²) in [5.74, 6) is 0. The summed E-state index contributed by atoms with van der Waals surface area (Å²) in [5, 5.41) is 14.3. The maximum atomic E-state index is 10.9. The molecule has 0 radical (unpaired) electrons. The first-order valence-corrected chi connectivity index (χ1v) is 8.66. The summed E-state index contributed by atoms with van der Waals surface area (Å²) in [7, 11) is 0. The van der Waals surface area contributed by atoms with Gasteiger partial charge in [-0.25, -0.2) is 0 Å². The van der Waals surface area contributed by atoms with Crippen LogP contribution in [0, 0.1) is 0 Å². The molecule has 1 aliphatic rings. The summed E-state index contributed by atoms with van der Waals surface area (Å²) in [5.41, 5.74) is 1.26. The van der Waals surface area contributed by atoms with Gasteiger partial charge in [-0.1, -0.05) is 66.7 Å². The van der Waals surface area contributed by atoms with Crippen LogP contribution in [0.3, 0.4) is 0 Å². The zero-order valence-electron chi connectivity index (χ0n) is 14.8. The van der Waals surface area contributed by atoms with Crippen LogP contribution in [0.4, 0.5) is 0 Å². The zero-order chi connectivity index (χ0) is 17.3. The van der Waals surface area contributed by atoms with Crippen molar-refractivity contribution in [3.63, 3.8) is 0 Å². The molecule has 0 saturated carbocycles. The topological polar surface area (TPSA) is 32.3 Å². The van der Waals surface area contributed by atoms with Crippen LogP contribution in [-0.2, 0) is 5.41 Å². The van der Waals surface area contributed by atoms with Crippen molar-refractivity contribution in [2.75, 3.05) is 0 Å². The molecule has 3 rings (SSSR count). The Morgan fingerprint density at radius 3 is 1.67 bits per heavy atom. The Labute approximate surface area is 145 Å². The van der Waals surface area contributed by atoms with Crippen molar-refractivity contribution in [2.24, 2.45) is 0 Å². The molecule has 24 heavy (non-hydrogen) atoms. The van der Waals surface area contributed by atoms with Gasteiger partial charge in [-0.05, 0) is 50.8 Å². The number of benzene rings is 2. The Balaban J connectivity index is 2.04. The van der Waals surface area contributed by atoms with E-state index < -0.39 is 5.72 Å². The molecule has 2 heteroatoms. The minimum absolute atomic E-state index is 0.140. The minimum Gasteiger partial charge on any atom is -0.372 e. The Hall–Kier alpha value is -1.90. The molecule has 126 valence electrons.